The van der Waals surface area contributed by atoms with Crippen molar-refractivity contribution in [2.45, 2.75) is 65.5 Å². The number of hydrogen-bond donors (Lipinski definition) is 0. The summed E-state index contributed by atoms with van der Waals surface area (Å²) in [5.41, 5.74) is 1.36. The van der Waals surface area contributed by atoms with E-state index in [0.717, 1.165) is 13.0 Å². The molecular formula is C16H28NO+. The van der Waals surface area contributed by atoms with E-state index in [1.807, 2.05) is 0 Å². The fourth-order valence-electron chi connectivity index (χ4n) is 2.02. The molecule has 1 aromatic heterocycles. The molecule has 0 aliphatic carbocycles. The van der Waals surface area contributed by atoms with Crippen molar-refractivity contribution in [3.05, 3.63) is 30.1 Å². The summed E-state index contributed by atoms with van der Waals surface area (Å²) in [6, 6.07) is 4.25. The summed E-state index contributed by atoms with van der Waals surface area (Å²) in [5.74, 6) is 0. The number of hydrogen-bond acceptors (Lipinski definition) is 1. The molecule has 0 spiro atoms. The monoisotopic (exact) mass is 250 g/mol. The number of aryl methyl sites for hydroxylation is 1. The largest absolute Gasteiger partial charge is 0.323 e. The predicted molar refractivity (Wildman–Crippen MR) is 75.3 cm³/mol. The molecule has 0 aliphatic heterocycles. The molecule has 0 saturated carbocycles. The van der Waals surface area contributed by atoms with Gasteiger partial charge in [0.1, 0.15) is 0 Å². The molecule has 0 aliphatic rings. The van der Waals surface area contributed by atoms with Crippen LogP contribution >= 0.6 is 0 Å². The van der Waals surface area contributed by atoms with E-state index in [9.17, 15) is 0 Å². The zero-order chi connectivity index (χ0) is 13.1. The van der Waals surface area contributed by atoms with E-state index in [1.165, 1.54) is 44.1 Å². The normalized spacial score (nSPS) is 10.8. The molecule has 0 aromatic carbocycles. The highest BCUT2D eigenvalue weighted by atomic mass is 16.5. The lowest BCUT2D eigenvalue weighted by molar-refractivity contribution is -0.733. The average Bonchev–Trinajstić information content (AvgIpc) is 2.42. The number of pyridine rings is 1. The molecule has 0 amide bonds. The Balaban J connectivity index is 2.03. The molecule has 0 N–H and O–H groups in total. The Morgan fingerprint density at radius 1 is 1.06 bits per heavy atom. The summed E-state index contributed by atoms with van der Waals surface area (Å²) in [5, 5.41) is 0. The van der Waals surface area contributed by atoms with Crippen molar-refractivity contribution in [1.29, 1.82) is 0 Å². The molecule has 0 saturated heterocycles. The van der Waals surface area contributed by atoms with Gasteiger partial charge >= 0.3 is 0 Å². The van der Waals surface area contributed by atoms with Crippen LogP contribution in [-0.2, 0) is 17.9 Å². The van der Waals surface area contributed by atoms with Crippen LogP contribution in [0.4, 0.5) is 0 Å². The van der Waals surface area contributed by atoms with Gasteiger partial charge in [0.15, 0.2) is 12.4 Å². The summed E-state index contributed by atoms with van der Waals surface area (Å²) in [7, 11) is 0. The van der Waals surface area contributed by atoms with Crippen LogP contribution in [0.25, 0.3) is 0 Å². The first-order chi connectivity index (χ1) is 8.86. The quantitative estimate of drug-likeness (QED) is 0.454. The lowest BCUT2D eigenvalue weighted by Gasteiger charge is -2.02. The molecule has 0 atom stereocenters. The van der Waals surface area contributed by atoms with E-state index in [1.54, 1.807) is 0 Å². The molecule has 2 nitrogen and oxygen atoms in total. The average molecular weight is 250 g/mol. The van der Waals surface area contributed by atoms with Crippen molar-refractivity contribution >= 4 is 0 Å². The Labute approximate surface area is 112 Å². The van der Waals surface area contributed by atoms with E-state index in [-0.39, 0.29) is 0 Å². The smallest absolute Gasteiger partial charge is 0.252 e. The van der Waals surface area contributed by atoms with Crippen LogP contribution in [0.3, 0.4) is 0 Å². The first-order valence-corrected chi connectivity index (χ1v) is 7.42. The standard InChI is InChI=1S/C16H28NO/c1-3-5-6-7-8-9-13-18-15-17-12-10-11-16(4-2)14-17/h10-12,14H,3-9,13,15H2,1-2H3/q+1. The van der Waals surface area contributed by atoms with E-state index in [0.29, 0.717) is 6.73 Å². The lowest BCUT2D eigenvalue weighted by Crippen LogP contribution is -2.34. The molecule has 2 heteroatoms. The van der Waals surface area contributed by atoms with Gasteiger partial charge in [-0.15, -0.1) is 0 Å². The van der Waals surface area contributed by atoms with Gasteiger partial charge in [-0.05, 0) is 18.9 Å². The molecule has 102 valence electrons. The van der Waals surface area contributed by atoms with Gasteiger partial charge in [-0.25, -0.2) is 0 Å². The summed E-state index contributed by atoms with van der Waals surface area (Å²) in [6.45, 7) is 6.00. The maximum atomic E-state index is 5.69. The van der Waals surface area contributed by atoms with Gasteiger partial charge < -0.3 is 4.74 Å². The maximum Gasteiger partial charge on any atom is 0.252 e. The van der Waals surface area contributed by atoms with Crippen LogP contribution < -0.4 is 4.57 Å². The second-order valence-electron chi connectivity index (χ2n) is 4.89. The molecule has 0 bridgehead atoms. The first-order valence-electron chi connectivity index (χ1n) is 7.42. The highest BCUT2D eigenvalue weighted by Gasteiger charge is 2.00. The second-order valence-corrected chi connectivity index (χ2v) is 4.89. The molecule has 18 heavy (non-hydrogen) atoms. The molecule has 0 fully saturated rings. The van der Waals surface area contributed by atoms with Gasteiger partial charge in [0.05, 0.1) is 6.61 Å². The van der Waals surface area contributed by atoms with E-state index < -0.39 is 0 Å². The Morgan fingerprint density at radius 3 is 2.61 bits per heavy atom. The third kappa shape index (κ3) is 6.75. The topological polar surface area (TPSA) is 13.1 Å². The van der Waals surface area contributed by atoms with Gasteiger partial charge in [0, 0.05) is 11.6 Å². The lowest BCUT2D eigenvalue weighted by atomic mass is 10.1. The minimum atomic E-state index is 0.683. The van der Waals surface area contributed by atoms with Gasteiger partial charge in [0.25, 0.3) is 6.73 Å². The fourth-order valence-corrected chi connectivity index (χ4v) is 2.02. The molecule has 1 rings (SSSR count). The second kappa shape index (κ2) is 10.1. The minimum absolute atomic E-state index is 0.683. The van der Waals surface area contributed by atoms with Gasteiger partial charge in [-0.2, -0.15) is 4.57 Å². The third-order valence-corrected chi connectivity index (χ3v) is 3.21. The fraction of sp³-hybridized carbons (Fsp3) is 0.688. The first kappa shape index (κ1) is 15.2. The maximum absolute atomic E-state index is 5.69. The molecule has 0 radical (unpaired) electrons. The zero-order valence-electron chi connectivity index (χ0n) is 12.0. The van der Waals surface area contributed by atoms with Crippen molar-refractivity contribution in [2.24, 2.45) is 0 Å². The Kier molecular flexibility index (Phi) is 8.49. The predicted octanol–water partition coefficient (Wildman–Crippen LogP) is 3.87. The van der Waals surface area contributed by atoms with Gasteiger partial charge in [-0.1, -0.05) is 46.0 Å². The number of ether oxygens (including phenoxy) is 1. The molecule has 1 heterocycles. The van der Waals surface area contributed by atoms with Crippen molar-refractivity contribution in [3.63, 3.8) is 0 Å². The van der Waals surface area contributed by atoms with Crippen LogP contribution in [0.2, 0.25) is 0 Å². The molecule has 1 aromatic rings. The van der Waals surface area contributed by atoms with Crippen LogP contribution in [0.5, 0.6) is 0 Å². The summed E-state index contributed by atoms with van der Waals surface area (Å²) in [6.07, 6.45) is 13.2. The SMILES string of the molecule is CCCCCCCCOC[n+]1cccc(CC)c1. The van der Waals surface area contributed by atoms with Crippen molar-refractivity contribution in [2.75, 3.05) is 6.61 Å². The highest BCUT2D eigenvalue weighted by Crippen LogP contribution is 2.04. The zero-order valence-corrected chi connectivity index (χ0v) is 12.0. The van der Waals surface area contributed by atoms with E-state index in [2.05, 4.69) is 42.9 Å². The van der Waals surface area contributed by atoms with Crippen LogP contribution in [0.15, 0.2) is 24.5 Å². The van der Waals surface area contributed by atoms with Crippen molar-refractivity contribution in [1.82, 2.24) is 0 Å². The molecular weight excluding hydrogens is 222 g/mol. The summed E-state index contributed by atoms with van der Waals surface area (Å²) in [4.78, 5) is 0. The Morgan fingerprint density at radius 2 is 1.83 bits per heavy atom. The van der Waals surface area contributed by atoms with Crippen LogP contribution in [-0.4, -0.2) is 6.61 Å². The third-order valence-electron chi connectivity index (χ3n) is 3.21. The number of rotatable bonds is 10. The number of nitrogens with zero attached hydrogens (tertiary/aromatic N) is 1. The molecule has 0 unspecified atom stereocenters. The number of unbranched alkanes of at least 4 members (excludes halogenated alkanes) is 5. The highest BCUT2D eigenvalue weighted by molar-refractivity contribution is 5.04. The van der Waals surface area contributed by atoms with Crippen molar-refractivity contribution < 1.29 is 9.30 Å². The Hall–Kier alpha value is -0.890. The van der Waals surface area contributed by atoms with Gasteiger partial charge in [-0.3, -0.25) is 0 Å². The van der Waals surface area contributed by atoms with E-state index >= 15 is 0 Å². The van der Waals surface area contributed by atoms with Crippen molar-refractivity contribution in [3.8, 4) is 0 Å². The Bertz CT molecular complexity index is 312. The van der Waals surface area contributed by atoms with E-state index in [4.69, 9.17) is 4.74 Å². The summed E-state index contributed by atoms with van der Waals surface area (Å²) < 4.78 is 7.81. The van der Waals surface area contributed by atoms with Crippen LogP contribution in [0, 0.1) is 0 Å². The number of aromatic nitrogens is 1. The van der Waals surface area contributed by atoms with Gasteiger partial charge in [0.2, 0.25) is 0 Å². The van der Waals surface area contributed by atoms with Crippen LogP contribution in [0.1, 0.15) is 57.9 Å². The minimum Gasteiger partial charge on any atom is -0.323 e. The summed E-state index contributed by atoms with van der Waals surface area (Å²) >= 11 is 0.